The number of benzene rings is 1. The first kappa shape index (κ1) is 13.9. The number of nitrogen functional groups attached to an aromatic ring is 1. The van der Waals surface area contributed by atoms with Crippen molar-refractivity contribution in [2.45, 2.75) is 45.6 Å². The second-order valence-corrected chi connectivity index (χ2v) is 4.80. The number of nitrogens with zero attached hydrogens (tertiary/aromatic N) is 1. The van der Waals surface area contributed by atoms with Crippen LogP contribution in [0.3, 0.4) is 0 Å². The average molecular weight is 262 g/mol. The van der Waals surface area contributed by atoms with Crippen LogP contribution in [0.5, 0.6) is 0 Å². The highest BCUT2D eigenvalue weighted by atomic mass is 16.5. The molecule has 104 valence electrons. The molecule has 2 rings (SSSR count). The molecule has 0 atom stereocenters. The summed E-state index contributed by atoms with van der Waals surface area (Å²) in [6.45, 7) is 3.42. The van der Waals surface area contributed by atoms with E-state index < -0.39 is 0 Å². The molecule has 0 aliphatic rings. The third kappa shape index (κ3) is 4.24. The average Bonchev–Trinajstić information content (AvgIpc) is 2.79. The largest absolute Gasteiger partial charge is 0.438 e. The fraction of sp³-hybridized carbons (Fsp3) is 0.533. The summed E-state index contributed by atoms with van der Waals surface area (Å²) >= 11 is 0. The van der Waals surface area contributed by atoms with Crippen LogP contribution in [0.4, 0.5) is 5.69 Å². The number of nitrogens with two attached hydrogens (primary N) is 1. The number of hydrogen-bond acceptors (Lipinski definition) is 4. The smallest absolute Gasteiger partial charge is 0.221 e. The first-order valence-corrected chi connectivity index (χ1v) is 7.02. The van der Waals surface area contributed by atoms with E-state index in [0.29, 0.717) is 18.2 Å². The van der Waals surface area contributed by atoms with Crippen LogP contribution in [-0.4, -0.2) is 11.6 Å². The van der Waals surface area contributed by atoms with Gasteiger partial charge in [-0.1, -0.05) is 32.6 Å². The predicted molar refractivity (Wildman–Crippen MR) is 76.8 cm³/mol. The van der Waals surface area contributed by atoms with Crippen LogP contribution in [0.1, 0.15) is 44.9 Å². The van der Waals surface area contributed by atoms with E-state index in [-0.39, 0.29) is 0 Å². The molecule has 1 aromatic carbocycles. The molecule has 19 heavy (non-hydrogen) atoms. The Morgan fingerprint density at radius 1 is 1.21 bits per heavy atom. The molecular weight excluding hydrogens is 240 g/mol. The third-order valence-corrected chi connectivity index (χ3v) is 3.07. The number of unbranched alkanes of at least 4 members (excludes halogenated alkanes) is 4. The van der Waals surface area contributed by atoms with Crippen LogP contribution in [-0.2, 0) is 11.3 Å². The Labute approximate surface area is 114 Å². The minimum absolute atomic E-state index is 0.433. The zero-order chi connectivity index (χ0) is 13.5. The van der Waals surface area contributed by atoms with Gasteiger partial charge in [0.05, 0.1) is 0 Å². The zero-order valence-corrected chi connectivity index (χ0v) is 11.5. The fourth-order valence-electron chi connectivity index (χ4n) is 2.02. The Bertz CT molecular complexity index is 508. The lowest BCUT2D eigenvalue weighted by Gasteiger charge is -2.01. The molecule has 0 amide bonds. The Morgan fingerprint density at radius 3 is 2.89 bits per heavy atom. The maximum absolute atomic E-state index is 5.69. The van der Waals surface area contributed by atoms with E-state index in [0.717, 1.165) is 24.1 Å². The summed E-state index contributed by atoms with van der Waals surface area (Å²) in [7, 11) is 0. The summed E-state index contributed by atoms with van der Waals surface area (Å²) < 4.78 is 11.2. The molecule has 2 N–H and O–H groups in total. The Balaban J connectivity index is 1.72. The topological polar surface area (TPSA) is 61.3 Å². The van der Waals surface area contributed by atoms with Gasteiger partial charge in [0.15, 0.2) is 5.58 Å². The van der Waals surface area contributed by atoms with Gasteiger partial charge in [-0.2, -0.15) is 0 Å². The molecule has 0 bridgehead atoms. The van der Waals surface area contributed by atoms with Gasteiger partial charge in [0.25, 0.3) is 0 Å². The van der Waals surface area contributed by atoms with Gasteiger partial charge in [-0.25, -0.2) is 4.98 Å². The van der Waals surface area contributed by atoms with Crippen LogP contribution in [0.2, 0.25) is 0 Å². The highest BCUT2D eigenvalue weighted by molar-refractivity contribution is 5.76. The van der Waals surface area contributed by atoms with Crippen molar-refractivity contribution in [2.24, 2.45) is 0 Å². The highest BCUT2D eigenvalue weighted by Crippen LogP contribution is 2.18. The number of anilines is 1. The lowest BCUT2D eigenvalue weighted by atomic mass is 10.2. The van der Waals surface area contributed by atoms with E-state index in [1.165, 1.54) is 25.7 Å². The van der Waals surface area contributed by atoms with Crippen molar-refractivity contribution < 1.29 is 9.15 Å². The molecule has 0 fully saturated rings. The molecular formula is C15H22N2O2. The molecule has 4 heteroatoms. The number of hydrogen-bond donors (Lipinski definition) is 1. The van der Waals surface area contributed by atoms with Gasteiger partial charge in [0.2, 0.25) is 5.89 Å². The van der Waals surface area contributed by atoms with Crippen LogP contribution in [0, 0.1) is 0 Å². The maximum atomic E-state index is 5.69. The molecule has 0 saturated carbocycles. The van der Waals surface area contributed by atoms with Gasteiger partial charge in [-0.3, -0.25) is 0 Å². The molecule has 0 unspecified atom stereocenters. The fourth-order valence-corrected chi connectivity index (χ4v) is 2.02. The number of oxazole rings is 1. The second-order valence-electron chi connectivity index (χ2n) is 4.80. The van der Waals surface area contributed by atoms with Crippen molar-refractivity contribution in [3.05, 3.63) is 24.1 Å². The zero-order valence-electron chi connectivity index (χ0n) is 11.5. The number of ether oxygens (including phenoxy) is 1. The number of rotatable bonds is 8. The minimum Gasteiger partial charge on any atom is -0.438 e. The summed E-state index contributed by atoms with van der Waals surface area (Å²) in [6, 6.07) is 5.47. The number of aromatic nitrogens is 1. The highest BCUT2D eigenvalue weighted by Gasteiger charge is 2.05. The second kappa shape index (κ2) is 7.14. The van der Waals surface area contributed by atoms with Crippen LogP contribution in [0.15, 0.2) is 22.6 Å². The van der Waals surface area contributed by atoms with E-state index in [9.17, 15) is 0 Å². The normalized spacial score (nSPS) is 11.2. The lowest BCUT2D eigenvalue weighted by molar-refractivity contribution is 0.100. The summed E-state index contributed by atoms with van der Waals surface area (Å²) in [5.74, 6) is 0.620. The Kier molecular flexibility index (Phi) is 5.21. The third-order valence-electron chi connectivity index (χ3n) is 3.07. The lowest BCUT2D eigenvalue weighted by Crippen LogP contribution is -1.95. The standard InChI is InChI=1S/C15H22N2O2/c1-2-3-4-5-6-9-18-11-15-17-13-8-7-12(16)10-14(13)19-15/h7-8,10H,2-6,9,11,16H2,1H3. The van der Waals surface area contributed by atoms with E-state index in [4.69, 9.17) is 14.9 Å². The SMILES string of the molecule is CCCCCCCOCc1nc2ccc(N)cc2o1. The Morgan fingerprint density at radius 2 is 2.05 bits per heavy atom. The molecule has 4 nitrogen and oxygen atoms in total. The van der Waals surface area contributed by atoms with Crippen LogP contribution < -0.4 is 5.73 Å². The molecule has 0 aliphatic heterocycles. The van der Waals surface area contributed by atoms with E-state index >= 15 is 0 Å². The molecule has 0 radical (unpaired) electrons. The summed E-state index contributed by atoms with van der Waals surface area (Å²) in [6.07, 6.45) is 6.21. The molecule has 0 saturated heterocycles. The number of fused-ring (bicyclic) bond motifs is 1. The van der Waals surface area contributed by atoms with Gasteiger partial charge >= 0.3 is 0 Å². The van der Waals surface area contributed by atoms with Gasteiger partial charge < -0.3 is 14.9 Å². The summed E-state index contributed by atoms with van der Waals surface area (Å²) in [5, 5.41) is 0. The van der Waals surface area contributed by atoms with Crippen molar-refractivity contribution in [3.63, 3.8) is 0 Å². The minimum atomic E-state index is 0.433. The van der Waals surface area contributed by atoms with Crippen LogP contribution in [0.25, 0.3) is 11.1 Å². The summed E-state index contributed by atoms with van der Waals surface area (Å²) in [5.41, 5.74) is 7.93. The van der Waals surface area contributed by atoms with Gasteiger partial charge in [-0.15, -0.1) is 0 Å². The van der Waals surface area contributed by atoms with E-state index in [1.807, 2.05) is 12.1 Å². The quantitative estimate of drug-likeness (QED) is 0.579. The van der Waals surface area contributed by atoms with Crippen molar-refractivity contribution in [2.75, 3.05) is 12.3 Å². The first-order valence-electron chi connectivity index (χ1n) is 7.02. The molecule has 2 aromatic rings. The molecule has 0 spiro atoms. The van der Waals surface area contributed by atoms with Crippen molar-refractivity contribution in [1.82, 2.24) is 4.98 Å². The van der Waals surface area contributed by atoms with E-state index in [2.05, 4.69) is 11.9 Å². The van der Waals surface area contributed by atoms with E-state index in [1.54, 1.807) is 6.07 Å². The van der Waals surface area contributed by atoms with Gasteiger partial charge in [0.1, 0.15) is 12.1 Å². The first-order chi connectivity index (χ1) is 9.29. The maximum Gasteiger partial charge on any atom is 0.221 e. The van der Waals surface area contributed by atoms with Crippen molar-refractivity contribution in [3.8, 4) is 0 Å². The Hall–Kier alpha value is -1.55. The summed E-state index contributed by atoms with van der Waals surface area (Å²) in [4.78, 5) is 4.35. The van der Waals surface area contributed by atoms with Gasteiger partial charge in [0, 0.05) is 18.4 Å². The van der Waals surface area contributed by atoms with Crippen molar-refractivity contribution in [1.29, 1.82) is 0 Å². The monoisotopic (exact) mass is 262 g/mol. The van der Waals surface area contributed by atoms with Gasteiger partial charge in [-0.05, 0) is 18.6 Å². The van der Waals surface area contributed by atoms with Crippen molar-refractivity contribution >= 4 is 16.8 Å². The predicted octanol–water partition coefficient (Wildman–Crippen LogP) is 3.90. The molecule has 1 heterocycles. The molecule has 1 aromatic heterocycles. The van der Waals surface area contributed by atoms with Crippen LogP contribution >= 0.6 is 0 Å². The molecule has 0 aliphatic carbocycles.